The van der Waals surface area contributed by atoms with E-state index in [9.17, 15) is 4.79 Å². The monoisotopic (exact) mass is 326 g/mol. The number of aryl methyl sites for hydroxylation is 1. The Kier molecular flexibility index (Phi) is 4.02. The van der Waals surface area contributed by atoms with E-state index in [2.05, 4.69) is 10.2 Å². The average Bonchev–Trinajstić information content (AvgIpc) is 3.07. The quantitative estimate of drug-likeness (QED) is 0.937. The molecule has 4 heterocycles. The molecule has 3 aliphatic rings. The number of rotatable bonds is 4. The third-order valence-corrected chi connectivity index (χ3v) is 5.02. The molecule has 1 N–H and O–H groups in total. The molecule has 3 fully saturated rings. The Hall–Kier alpha value is -2.27. The fourth-order valence-corrected chi connectivity index (χ4v) is 3.59. The van der Waals surface area contributed by atoms with Crippen molar-refractivity contribution in [2.24, 2.45) is 5.92 Å². The molecule has 1 aromatic heterocycles. The van der Waals surface area contributed by atoms with Gasteiger partial charge in [-0.05, 0) is 57.0 Å². The van der Waals surface area contributed by atoms with Crippen LogP contribution in [0, 0.1) is 12.8 Å². The van der Waals surface area contributed by atoms with E-state index in [1.165, 1.54) is 18.4 Å². The first-order chi connectivity index (χ1) is 11.7. The second-order valence-electron chi connectivity index (χ2n) is 6.75. The zero-order valence-electron chi connectivity index (χ0n) is 13.8. The Morgan fingerprint density at radius 1 is 1.17 bits per heavy atom. The maximum Gasteiger partial charge on any atom is 0.290 e. The summed E-state index contributed by atoms with van der Waals surface area (Å²) in [6.45, 7) is 5.29. The van der Waals surface area contributed by atoms with Crippen LogP contribution in [0.5, 0.6) is 11.7 Å². The Bertz CT molecular complexity index is 714. The van der Waals surface area contributed by atoms with E-state index in [-0.39, 0.29) is 11.9 Å². The van der Waals surface area contributed by atoms with Gasteiger partial charge in [-0.15, -0.1) is 0 Å². The third-order valence-electron chi connectivity index (χ3n) is 5.02. The Morgan fingerprint density at radius 3 is 2.58 bits per heavy atom. The summed E-state index contributed by atoms with van der Waals surface area (Å²) in [6, 6.07) is 11.3. The van der Waals surface area contributed by atoms with Crippen molar-refractivity contribution in [1.29, 1.82) is 0 Å². The Labute approximate surface area is 141 Å². The number of benzene rings is 1. The zero-order valence-corrected chi connectivity index (χ0v) is 13.8. The topological polar surface area (TPSA) is 54.7 Å². The maximum atomic E-state index is 12.4. The number of fused-ring (bicyclic) bond motifs is 3. The van der Waals surface area contributed by atoms with Crippen LogP contribution >= 0.6 is 0 Å². The molecular weight excluding hydrogens is 304 g/mol. The van der Waals surface area contributed by atoms with Gasteiger partial charge in [0.05, 0.1) is 0 Å². The van der Waals surface area contributed by atoms with Crippen molar-refractivity contribution in [2.75, 3.05) is 19.6 Å². The number of carbonyl (C=O) groups is 1. The number of nitrogens with zero attached hydrogens (tertiary/aromatic N) is 1. The highest BCUT2D eigenvalue weighted by Gasteiger charge is 2.35. The van der Waals surface area contributed by atoms with E-state index >= 15 is 0 Å². The van der Waals surface area contributed by atoms with E-state index in [4.69, 9.17) is 9.15 Å². The minimum Gasteiger partial charge on any atom is -0.426 e. The zero-order chi connectivity index (χ0) is 16.5. The fourth-order valence-electron chi connectivity index (χ4n) is 3.59. The molecule has 24 heavy (non-hydrogen) atoms. The summed E-state index contributed by atoms with van der Waals surface area (Å²) >= 11 is 0. The number of carbonyl (C=O) groups excluding carboxylic acids is 1. The van der Waals surface area contributed by atoms with E-state index in [1.54, 1.807) is 12.1 Å². The molecule has 1 atom stereocenters. The standard InChI is InChI=1S/C19H22N2O3/c1-13-2-4-15(5-3-13)23-18-7-6-17(24-18)19(22)20-16-12-21-10-8-14(16)9-11-21/h2-7,14,16H,8-12H2,1H3,(H,20,22). The van der Waals surface area contributed by atoms with E-state index in [0.29, 0.717) is 23.4 Å². The van der Waals surface area contributed by atoms with Crippen molar-refractivity contribution in [3.8, 4) is 11.7 Å². The van der Waals surface area contributed by atoms with Crippen LogP contribution in [0.25, 0.3) is 0 Å². The highest BCUT2D eigenvalue weighted by atomic mass is 16.6. The van der Waals surface area contributed by atoms with Crippen molar-refractivity contribution in [2.45, 2.75) is 25.8 Å². The van der Waals surface area contributed by atoms with Crippen molar-refractivity contribution < 1.29 is 13.9 Å². The SMILES string of the molecule is Cc1ccc(Oc2ccc(C(=O)NC3CN4CCC3CC4)o2)cc1. The molecule has 5 nitrogen and oxygen atoms in total. The van der Waals surface area contributed by atoms with Crippen molar-refractivity contribution >= 4 is 5.91 Å². The van der Waals surface area contributed by atoms with E-state index in [0.717, 1.165) is 19.6 Å². The van der Waals surface area contributed by atoms with Crippen molar-refractivity contribution in [1.82, 2.24) is 10.2 Å². The molecule has 0 aliphatic carbocycles. The lowest BCUT2D eigenvalue weighted by molar-refractivity contribution is 0.0603. The van der Waals surface area contributed by atoms with Crippen molar-refractivity contribution in [3.05, 3.63) is 47.7 Å². The van der Waals surface area contributed by atoms with Gasteiger partial charge in [-0.3, -0.25) is 4.79 Å². The fraction of sp³-hybridized carbons (Fsp3) is 0.421. The van der Waals surface area contributed by atoms with Crippen LogP contribution in [0.1, 0.15) is 29.0 Å². The second kappa shape index (κ2) is 6.32. The Balaban J connectivity index is 1.39. The summed E-state index contributed by atoms with van der Waals surface area (Å²) in [5.41, 5.74) is 1.17. The summed E-state index contributed by atoms with van der Waals surface area (Å²) in [6.07, 6.45) is 2.34. The molecule has 0 saturated carbocycles. The summed E-state index contributed by atoms with van der Waals surface area (Å²) in [5.74, 6) is 1.76. The number of nitrogens with one attached hydrogen (secondary N) is 1. The number of amides is 1. The minimum absolute atomic E-state index is 0.160. The van der Waals surface area contributed by atoms with Crippen LogP contribution in [0.15, 0.2) is 40.8 Å². The molecule has 126 valence electrons. The largest absolute Gasteiger partial charge is 0.426 e. The van der Waals surface area contributed by atoms with Crippen LogP contribution < -0.4 is 10.1 Å². The average molecular weight is 326 g/mol. The number of piperidine rings is 3. The first-order valence-electron chi connectivity index (χ1n) is 8.55. The Morgan fingerprint density at radius 2 is 1.92 bits per heavy atom. The third kappa shape index (κ3) is 3.17. The maximum absolute atomic E-state index is 12.4. The van der Waals surface area contributed by atoms with Gasteiger partial charge in [0.2, 0.25) is 0 Å². The van der Waals surface area contributed by atoms with Gasteiger partial charge >= 0.3 is 0 Å². The van der Waals surface area contributed by atoms with Gasteiger partial charge < -0.3 is 19.4 Å². The van der Waals surface area contributed by atoms with Crippen LogP contribution in [0.4, 0.5) is 0 Å². The molecule has 0 spiro atoms. The number of hydrogen-bond acceptors (Lipinski definition) is 4. The molecule has 2 aromatic rings. The highest BCUT2D eigenvalue weighted by Crippen LogP contribution is 2.28. The predicted molar refractivity (Wildman–Crippen MR) is 90.4 cm³/mol. The molecule has 3 saturated heterocycles. The first-order valence-corrected chi connectivity index (χ1v) is 8.55. The highest BCUT2D eigenvalue weighted by molar-refractivity contribution is 5.91. The number of hydrogen-bond donors (Lipinski definition) is 1. The molecule has 1 amide bonds. The molecule has 5 heteroatoms. The van der Waals surface area contributed by atoms with Crippen molar-refractivity contribution in [3.63, 3.8) is 0 Å². The molecule has 1 aromatic carbocycles. The van der Waals surface area contributed by atoms with Gasteiger partial charge in [-0.1, -0.05) is 17.7 Å². The normalized spacial score (nSPS) is 25.5. The summed E-state index contributed by atoms with van der Waals surface area (Å²) in [5, 5.41) is 3.12. The molecule has 5 rings (SSSR count). The number of ether oxygens (including phenoxy) is 1. The van der Waals surface area contributed by atoms with E-state index in [1.807, 2.05) is 31.2 Å². The number of furan rings is 1. The van der Waals surface area contributed by atoms with Crippen LogP contribution in [0.3, 0.4) is 0 Å². The lowest BCUT2D eigenvalue weighted by Crippen LogP contribution is -2.57. The minimum atomic E-state index is -0.160. The van der Waals surface area contributed by atoms with Gasteiger partial charge in [-0.25, -0.2) is 0 Å². The van der Waals surface area contributed by atoms with Crippen LogP contribution in [0.2, 0.25) is 0 Å². The van der Waals surface area contributed by atoms with Gasteiger partial charge in [0.1, 0.15) is 5.75 Å². The summed E-state index contributed by atoms with van der Waals surface area (Å²) in [7, 11) is 0. The summed E-state index contributed by atoms with van der Waals surface area (Å²) in [4.78, 5) is 14.8. The van der Waals surface area contributed by atoms with Gasteiger partial charge in [0.15, 0.2) is 5.76 Å². The molecular formula is C19H22N2O3. The second-order valence-corrected chi connectivity index (χ2v) is 6.75. The van der Waals surface area contributed by atoms with Gasteiger partial charge in [0.25, 0.3) is 11.9 Å². The van der Waals surface area contributed by atoms with Crippen LogP contribution in [-0.2, 0) is 0 Å². The molecule has 2 bridgehead atoms. The predicted octanol–water partition coefficient (Wildman–Crippen LogP) is 3.20. The lowest BCUT2D eigenvalue weighted by Gasteiger charge is -2.44. The van der Waals surface area contributed by atoms with Gasteiger partial charge in [0, 0.05) is 18.7 Å². The van der Waals surface area contributed by atoms with Crippen LogP contribution in [-0.4, -0.2) is 36.5 Å². The first kappa shape index (κ1) is 15.3. The lowest BCUT2D eigenvalue weighted by atomic mass is 9.84. The van der Waals surface area contributed by atoms with E-state index < -0.39 is 0 Å². The molecule has 1 unspecified atom stereocenters. The molecule has 0 radical (unpaired) electrons. The molecule has 3 aliphatic heterocycles. The smallest absolute Gasteiger partial charge is 0.290 e. The summed E-state index contributed by atoms with van der Waals surface area (Å²) < 4.78 is 11.2. The van der Waals surface area contributed by atoms with Gasteiger partial charge in [-0.2, -0.15) is 0 Å².